The molecular weight excluding hydrogens is 363 g/mol. The van der Waals surface area contributed by atoms with Gasteiger partial charge in [0.25, 0.3) is 0 Å². The number of nitrogens with zero attached hydrogens (tertiary/aromatic N) is 4. The third kappa shape index (κ3) is 3.95. The predicted molar refractivity (Wildman–Crippen MR) is 103 cm³/mol. The fraction of sp³-hybridized carbons (Fsp3) is 0.400. The number of rotatable bonds is 5. The minimum atomic E-state index is -0.823. The first kappa shape index (κ1) is 19.7. The van der Waals surface area contributed by atoms with Gasteiger partial charge in [-0.05, 0) is 25.0 Å². The van der Waals surface area contributed by atoms with E-state index in [1.54, 1.807) is 24.5 Å². The van der Waals surface area contributed by atoms with Crippen LogP contribution >= 0.6 is 0 Å². The summed E-state index contributed by atoms with van der Waals surface area (Å²) in [6.45, 7) is 3.70. The Balaban J connectivity index is 0.000000706. The van der Waals surface area contributed by atoms with Gasteiger partial charge in [0.1, 0.15) is 12.4 Å². The largest absolute Gasteiger partial charge is 0.356 e. The average molecular weight is 386 g/mol. The Kier molecular flexibility index (Phi) is 5.87. The first-order valence-corrected chi connectivity index (χ1v) is 9.29. The molecule has 1 aliphatic rings. The van der Waals surface area contributed by atoms with Gasteiger partial charge in [-0.25, -0.2) is 4.39 Å². The molecule has 28 heavy (non-hydrogen) atoms. The maximum Gasteiger partial charge on any atom is 0.317 e. The van der Waals surface area contributed by atoms with Crippen molar-refractivity contribution in [2.75, 3.05) is 6.67 Å². The van der Waals surface area contributed by atoms with E-state index in [4.69, 9.17) is 4.52 Å². The number of hydrogen-bond acceptors (Lipinski definition) is 5. The van der Waals surface area contributed by atoms with Crippen molar-refractivity contribution in [3.63, 3.8) is 0 Å². The van der Waals surface area contributed by atoms with Crippen molar-refractivity contribution in [3.05, 3.63) is 69.4 Å². The Bertz CT molecular complexity index is 1040. The molecule has 0 spiro atoms. The molecule has 0 atom stereocenters. The van der Waals surface area contributed by atoms with E-state index < -0.39 is 23.3 Å². The lowest BCUT2D eigenvalue weighted by molar-refractivity contribution is 0.326. The molecule has 0 aliphatic heterocycles. The zero-order valence-corrected chi connectivity index (χ0v) is 16.0. The molecule has 148 valence electrons. The Labute approximate surface area is 161 Å². The molecule has 8 heteroatoms. The van der Waals surface area contributed by atoms with Crippen LogP contribution in [0.4, 0.5) is 4.39 Å². The Morgan fingerprint density at radius 3 is 2.57 bits per heavy atom. The highest BCUT2D eigenvalue weighted by atomic mass is 19.1. The van der Waals surface area contributed by atoms with Crippen LogP contribution in [0.15, 0.2) is 57.1 Å². The van der Waals surface area contributed by atoms with Crippen molar-refractivity contribution >= 4 is 0 Å². The van der Waals surface area contributed by atoms with E-state index in [9.17, 15) is 14.0 Å². The van der Waals surface area contributed by atoms with E-state index in [1.165, 1.54) is 27.9 Å². The summed E-state index contributed by atoms with van der Waals surface area (Å²) in [5.41, 5.74) is -0.967. The van der Waals surface area contributed by atoms with E-state index >= 15 is 0 Å². The number of hydrogen-bond donors (Lipinski definition) is 0. The van der Waals surface area contributed by atoms with Crippen LogP contribution in [0.25, 0.3) is 11.3 Å². The summed E-state index contributed by atoms with van der Waals surface area (Å²) >= 11 is 0. The van der Waals surface area contributed by atoms with E-state index in [1.807, 2.05) is 6.07 Å². The Morgan fingerprint density at radius 1 is 1.21 bits per heavy atom. The molecular formula is C20H23FN4O3. The van der Waals surface area contributed by atoms with Crippen LogP contribution in [0.2, 0.25) is 0 Å². The lowest BCUT2D eigenvalue weighted by Gasteiger charge is -2.15. The number of aromatic nitrogens is 4. The van der Waals surface area contributed by atoms with Gasteiger partial charge in [-0.1, -0.05) is 25.4 Å². The molecule has 7 nitrogen and oxygen atoms in total. The fourth-order valence-corrected chi connectivity index (χ4v) is 2.80. The molecule has 0 N–H and O–H groups in total. The molecule has 3 heterocycles. The van der Waals surface area contributed by atoms with Crippen molar-refractivity contribution in [2.45, 2.75) is 45.2 Å². The van der Waals surface area contributed by atoms with Crippen LogP contribution in [-0.2, 0) is 12.1 Å². The lowest BCUT2D eigenvalue weighted by Crippen LogP contribution is -2.45. The molecule has 0 unspecified atom stereocenters. The van der Waals surface area contributed by atoms with E-state index in [0.29, 0.717) is 24.3 Å². The summed E-state index contributed by atoms with van der Waals surface area (Å²) in [5.74, 6) is 0.527. The first-order valence-electron chi connectivity index (χ1n) is 9.29. The second-order valence-electron chi connectivity index (χ2n) is 6.90. The molecule has 0 radical (unpaired) electrons. The van der Waals surface area contributed by atoms with Gasteiger partial charge in [0.15, 0.2) is 5.76 Å². The monoisotopic (exact) mass is 386 g/mol. The van der Waals surface area contributed by atoms with Gasteiger partial charge >= 0.3 is 11.1 Å². The van der Waals surface area contributed by atoms with Crippen molar-refractivity contribution in [1.29, 1.82) is 0 Å². The molecule has 1 saturated carbocycles. The predicted octanol–water partition coefficient (Wildman–Crippen LogP) is 2.98. The quantitative estimate of drug-likeness (QED) is 0.630. The van der Waals surface area contributed by atoms with Crippen molar-refractivity contribution in [3.8, 4) is 11.3 Å². The van der Waals surface area contributed by atoms with Crippen LogP contribution in [0.5, 0.6) is 0 Å². The summed E-state index contributed by atoms with van der Waals surface area (Å²) in [6.07, 6.45) is 8.65. The second-order valence-corrected chi connectivity index (χ2v) is 6.90. The van der Waals surface area contributed by atoms with Gasteiger partial charge in [0, 0.05) is 36.4 Å². The van der Waals surface area contributed by atoms with Crippen LogP contribution in [-0.4, -0.2) is 25.9 Å². The molecule has 0 saturated heterocycles. The highest BCUT2D eigenvalue weighted by Gasteiger charge is 2.45. The summed E-state index contributed by atoms with van der Waals surface area (Å²) in [6, 6.07) is 5.30. The topological polar surface area (TPSA) is 82.9 Å². The van der Waals surface area contributed by atoms with E-state index in [-0.39, 0.29) is 6.54 Å². The molecule has 3 aromatic rings. The highest BCUT2D eigenvalue weighted by Crippen LogP contribution is 2.42. The van der Waals surface area contributed by atoms with Gasteiger partial charge in [0.05, 0.1) is 12.1 Å². The van der Waals surface area contributed by atoms with Crippen LogP contribution in [0, 0.1) is 0 Å². The van der Waals surface area contributed by atoms with Gasteiger partial charge in [-0.2, -0.15) is 0 Å². The standard InChI is InChI=1S/C17H15FN4O3.C3H8/c18-11-17(3-4-17)22-7-6-21(15(23)16(22)24)10-13-8-14(25-20-13)12-2-1-5-19-9-12;1-3-2/h1-2,5-9H,3-4,10-11H2;3H2,1-2H3. The molecule has 4 rings (SSSR count). The third-order valence-electron chi connectivity index (χ3n) is 4.48. The van der Waals surface area contributed by atoms with Crippen molar-refractivity contribution in [1.82, 2.24) is 19.3 Å². The van der Waals surface area contributed by atoms with Gasteiger partial charge < -0.3 is 13.7 Å². The van der Waals surface area contributed by atoms with Crippen molar-refractivity contribution < 1.29 is 8.91 Å². The second kappa shape index (κ2) is 8.33. The number of pyridine rings is 1. The summed E-state index contributed by atoms with van der Waals surface area (Å²) < 4.78 is 20.9. The fourth-order valence-electron chi connectivity index (χ4n) is 2.80. The minimum absolute atomic E-state index is 0.0985. The lowest BCUT2D eigenvalue weighted by atomic mass is 10.2. The molecule has 1 fully saturated rings. The Morgan fingerprint density at radius 2 is 1.96 bits per heavy atom. The van der Waals surface area contributed by atoms with Crippen LogP contribution < -0.4 is 11.1 Å². The van der Waals surface area contributed by atoms with Crippen LogP contribution in [0.1, 0.15) is 38.8 Å². The highest BCUT2D eigenvalue weighted by molar-refractivity contribution is 5.55. The molecule has 3 aromatic heterocycles. The normalized spacial score (nSPS) is 14.2. The molecule has 0 amide bonds. The third-order valence-corrected chi connectivity index (χ3v) is 4.48. The molecule has 0 bridgehead atoms. The minimum Gasteiger partial charge on any atom is -0.356 e. The van der Waals surface area contributed by atoms with Crippen LogP contribution in [0.3, 0.4) is 0 Å². The molecule has 1 aliphatic carbocycles. The summed E-state index contributed by atoms with van der Waals surface area (Å²) in [5, 5.41) is 3.93. The van der Waals surface area contributed by atoms with Gasteiger partial charge in [-0.15, -0.1) is 0 Å². The first-order chi connectivity index (χ1) is 13.5. The van der Waals surface area contributed by atoms with Gasteiger partial charge in [0.2, 0.25) is 0 Å². The van der Waals surface area contributed by atoms with E-state index in [2.05, 4.69) is 24.0 Å². The maximum absolute atomic E-state index is 13.1. The smallest absolute Gasteiger partial charge is 0.317 e. The van der Waals surface area contributed by atoms with E-state index in [0.717, 1.165) is 5.56 Å². The summed E-state index contributed by atoms with van der Waals surface area (Å²) in [7, 11) is 0. The number of alkyl halides is 1. The SMILES string of the molecule is CCC.O=c1c(=O)n(C2(CF)CC2)ccn1Cc1cc(-c2cccnc2)on1. The maximum atomic E-state index is 13.1. The zero-order chi connectivity index (χ0) is 20.1. The van der Waals surface area contributed by atoms with Crippen molar-refractivity contribution in [2.24, 2.45) is 0 Å². The zero-order valence-electron chi connectivity index (χ0n) is 16.0. The number of halogens is 1. The molecule has 0 aromatic carbocycles. The Hall–Kier alpha value is -3.03. The summed E-state index contributed by atoms with van der Waals surface area (Å²) in [4.78, 5) is 28.6. The van der Waals surface area contributed by atoms with Gasteiger partial charge in [-0.3, -0.25) is 14.6 Å². The average Bonchev–Trinajstić information content (AvgIpc) is 3.37.